The third kappa shape index (κ3) is 2.55. The van der Waals surface area contributed by atoms with Gasteiger partial charge in [0, 0.05) is 18.6 Å². The van der Waals surface area contributed by atoms with E-state index in [0.717, 1.165) is 12.0 Å². The second kappa shape index (κ2) is 5.24. The van der Waals surface area contributed by atoms with E-state index in [2.05, 4.69) is 0 Å². The fraction of sp³-hybridized carbons (Fsp3) is 0.500. The zero-order valence-corrected chi connectivity index (χ0v) is 9.04. The van der Waals surface area contributed by atoms with Gasteiger partial charge in [-0.2, -0.15) is 0 Å². The minimum atomic E-state index is -0.246. The Balaban J connectivity index is 3.02. The number of halogens is 1. The zero-order valence-electron chi connectivity index (χ0n) is 9.04. The first-order chi connectivity index (χ1) is 7.18. The van der Waals surface area contributed by atoms with E-state index in [1.165, 1.54) is 12.1 Å². The number of aliphatic hydroxyl groups excluding tert-OH is 1. The van der Waals surface area contributed by atoms with Crippen LogP contribution in [-0.4, -0.2) is 18.3 Å². The molecule has 0 saturated heterocycles. The van der Waals surface area contributed by atoms with E-state index >= 15 is 0 Å². The summed E-state index contributed by atoms with van der Waals surface area (Å²) in [5.74, 6) is -0.246. The summed E-state index contributed by atoms with van der Waals surface area (Å²) in [6.07, 6.45) is 1.46. The van der Waals surface area contributed by atoms with Crippen molar-refractivity contribution in [3.63, 3.8) is 0 Å². The summed E-state index contributed by atoms with van der Waals surface area (Å²) in [5, 5.41) is 9.05. The molecule has 1 atom stereocenters. The average molecular weight is 211 g/mol. The van der Waals surface area contributed by atoms with E-state index in [4.69, 9.17) is 10.8 Å². The van der Waals surface area contributed by atoms with E-state index in [0.29, 0.717) is 13.0 Å². The zero-order chi connectivity index (χ0) is 11.3. The largest absolute Gasteiger partial charge is 0.396 e. The number of benzene rings is 1. The van der Waals surface area contributed by atoms with Crippen molar-refractivity contribution < 1.29 is 9.50 Å². The standard InChI is InChI=1S/C12H18FNO/c1-2-12(9-14,7-8-15)10-3-5-11(13)6-4-10/h3-6,15H,2,7-9,14H2,1H3. The highest BCUT2D eigenvalue weighted by atomic mass is 19.1. The molecule has 0 aliphatic heterocycles. The smallest absolute Gasteiger partial charge is 0.123 e. The van der Waals surface area contributed by atoms with E-state index in [-0.39, 0.29) is 17.8 Å². The van der Waals surface area contributed by atoms with Crippen LogP contribution in [0.1, 0.15) is 25.3 Å². The fourth-order valence-corrected chi connectivity index (χ4v) is 1.91. The number of rotatable bonds is 5. The highest BCUT2D eigenvalue weighted by Gasteiger charge is 2.27. The van der Waals surface area contributed by atoms with Gasteiger partial charge in [-0.3, -0.25) is 0 Å². The molecule has 2 nitrogen and oxygen atoms in total. The highest BCUT2D eigenvalue weighted by molar-refractivity contribution is 5.26. The monoisotopic (exact) mass is 211 g/mol. The molecular formula is C12H18FNO. The summed E-state index contributed by atoms with van der Waals surface area (Å²) in [6, 6.07) is 6.38. The molecule has 1 rings (SSSR count). The molecule has 0 fully saturated rings. The van der Waals surface area contributed by atoms with E-state index in [1.807, 2.05) is 6.92 Å². The van der Waals surface area contributed by atoms with Gasteiger partial charge < -0.3 is 10.8 Å². The first kappa shape index (κ1) is 12.1. The van der Waals surface area contributed by atoms with E-state index < -0.39 is 0 Å². The molecule has 15 heavy (non-hydrogen) atoms. The Hall–Kier alpha value is -0.930. The quantitative estimate of drug-likeness (QED) is 0.780. The third-order valence-corrected chi connectivity index (χ3v) is 3.11. The van der Waals surface area contributed by atoms with Crippen LogP contribution in [0.4, 0.5) is 4.39 Å². The summed E-state index contributed by atoms with van der Waals surface area (Å²) in [7, 11) is 0. The van der Waals surface area contributed by atoms with Crippen molar-refractivity contribution in [3.8, 4) is 0 Å². The van der Waals surface area contributed by atoms with Gasteiger partial charge in [-0.1, -0.05) is 19.1 Å². The van der Waals surface area contributed by atoms with Gasteiger partial charge in [-0.25, -0.2) is 4.39 Å². The lowest BCUT2D eigenvalue weighted by Crippen LogP contribution is -2.35. The molecule has 0 aliphatic rings. The number of hydrogen-bond acceptors (Lipinski definition) is 2. The minimum absolute atomic E-state index is 0.0996. The maximum absolute atomic E-state index is 12.8. The lowest BCUT2D eigenvalue weighted by atomic mass is 9.75. The SMILES string of the molecule is CCC(CN)(CCO)c1ccc(F)cc1. The van der Waals surface area contributed by atoms with Crippen molar-refractivity contribution in [2.45, 2.75) is 25.2 Å². The lowest BCUT2D eigenvalue weighted by Gasteiger charge is -2.31. The molecule has 0 saturated carbocycles. The van der Waals surface area contributed by atoms with E-state index in [1.54, 1.807) is 12.1 Å². The maximum Gasteiger partial charge on any atom is 0.123 e. The molecule has 1 unspecified atom stereocenters. The predicted molar refractivity (Wildman–Crippen MR) is 59.1 cm³/mol. The highest BCUT2D eigenvalue weighted by Crippen LogP contribution is 2.30. The molecule has 84 valence electrons. The van der Waals surface area contributed by atoms with Crippen molar-refractivity contribution in [3.05, 3.63) is 35.6 Å². The van der Waals surface area contributed by atoms with Crippen molar-refractivity contribution in [2.75, 3.05) is 13.2 Å². The van der Waals surface area contributed by atoms with Gasteiger partial charge >= 0.3 is 0 Å². The van der Waals surface area contributed by atoms with Gasteiger partial charge in [-0.05, 0) is 30.5 Å². The van der Waals surface area contributed by atoms with Gasteiger partial charge in [-0.15, -0.1) is 0 Å². The van der Waals surface area contributed by atoms with Gasteiger partial charge in [0.1, 0.15) is 5.82 Å². The Bertz CT molecular complexity index is 293. The second-order valence-electron chi connectivity index (χ2n) is 3.82. The van der Waals surface area contributed by atoms with Crippen molar-refractivity contribution in [1.29, 1.82) is 0 Å². The van der Waals surface area contributed by atoms with Gasteiger partial charge in [0.15, 0.2) is 0 Å². The second-order valence-corrected chi connectivity index (χ2v) is 3.82. The Morgan fingerprint density at radius 3 is 2.33 bits per heavy atom. The molecule has 0 amide bonds. The van der Waals surface area contributed by atoms with Gasteiger partial charge in [0.25, 0.3) is 0 Å². The molecule has 3 N–H and O–H groups in total. The van der Waals surface area contributed by atoms with Crippen LogP contribution < -0.4 is 5.73 Å². The molecule has 0 aromatic heterocycles. The summed E-state index contributed by atoms with van der Waals surface area (Å²) in [4.78, 5) is 0. The molecule has 0 heterocycles. The van der Waals surface area contributed by atoms with Crippen LogP contribution in [0.5, 0.6) is 0 Å². The minimum Gasteiger partial charge on any atom is -0.396 e. The van der Waals surface area contributed by atoms with Crippen LogP contribution in [0.3, 0.4) is 0 Å². The third-order valence-electron chi connectivity index (χ3n) is 3.11. The van der Waals surface area contributed by atoms with Gasteiger partial charge in [0.2, 0.25) is 0 Å². The lowest BCUT2D eigenvalue weighted by molar-refractivity contribution is 0.234. The Labute approximate surface area is 89.9 Å². The molecule has 0 spiro atoms. The topological polar surface area (TPSA) is 46.2 Å². The van der Waals surface area contributed by atoms with Crippen LogP contribution in [0.25, 0.3) is 0 Å². The average Bonchev–Trinajstić information content (AvgIpc) is 2.27. The van der Waals surface area contributed by atoms with Crippen molar-refractivity contribution in [2.24, 2.45) is 5.73 Å². The summed E-state index contributed by atoms with van der Waals surface area (Å²) in [6.45, 7) is 2.60. The molecule has 1 aromatic rings. The number of aliphatic hydroxyl groups is 1. The molecule has 1 aromatic carbocycles. The van der Waals surface area contributed by atoms with Crippen LogP contribution in [0.15, 0.2) is 24.3 Å². The molecule has 3 heteroatoms. The summed E-state index contributed by atoms with van der Waals surface area (Å²) < 4.78 is 12.8. The molecular weight excluding hydrogens is 193 g/mol. The summed E-state index contributed by atoms with van der Waals surface area (Å²) in [5.41, 5.74) is 6.55. The first-order valence-corrected chi connectivity index (χ1v) is 5.25. The van der Waals surface area contributed by atoms with E-state index in [9.17, 15) is 4.39 Å². The fourth-order valence-electron chi connectivity index (χ4n) is 1.91. The maximum atomic E-state index is 12.8. The molecule has 0 bridgehead atoms. The normalized spacial score (nSPS) is 14.9. The van der Waals surface area contributed by atoms with Crippen LogP contribution >= 0.6 is 0 Å². The Morgan fingerprint density at radius 1 is 1.33 bits per heavy atom. The first-order valence-electron chi connectivity index (χ1n) is 5.25. The van der Waals surface area contributed by atoms with Crippen LogP contribution in [0.2, 0.25) is 0 Å². The molecule has 0 radical (unpaired) electrons. The van der Waals surface area contributed by atoms with Crippen molar-refractivity contribution in [1.82, 2.24) is 0 Å². The Morgan fingerprint density at radius 2 is 1.93 bits per heavy atom. The van der Waals surface area contributed by atoms with Gasteiger partial charge in [0.05, 0.1) is 0 Å². The predicted octanol–water partition coefficient (Wildman–Crippen LogP) is 1.81. The number of nitrogens with two attached hydrogens (primary N) is 1. The van der Waals surface area contributed by atoms with Crippen LogP contribution in [0, 0.1) is 5.82 Å². The Kier molecular flexibility index (Phi) is 4.24. The molecule has 0 aliphatic carbocycles. The number of hydrogen-bond donors (Lipinski definition) is 2. The van der Waals surface area contributed by atoms with Crippen molar-refractivity contribution >= 4 is 0 Å². The van der Waals surface area contributed by atoms with Crippen LogP contribution in [-0.2, 0) is 5.41 Å². The summed E-state index contributed by atoms with van der Waals surface area (Å²) >= 11 is 0.